The number of rotatable bonds is 4. The number of likely N-dealkylation sites (N-methyl/N-ethyl adjacent to an activating group) is 1. The highest BCUT2D eigenvalue weighted by Crippen LogP contribution is 2.23. The van der Waals surface area contributed by atoms with Gasteiger partial charge in [-0.1, -0.05) is 36.4 Å². The van der Waals surface area contributed by atoms with Crippen molar-refractivity contribution in [2.45, 2.75) is 13.3 Å². The Labute approximate surface area is 132 Å². The Morgan fingerprint density at radius 2 is 1.77 bits per heavy atom. The molecule has 2 aromatic carbocycles. The molecule has 0 unspecified atom stereocenters. The topological polar surface area (TPSA) is 23.6 Å². The molecule has 1 heterocycles. The van der Waals surface area contributed by atoms with Crippen molar-refractivity contribution in [3.63, 3.8) is 0 Å². The fourth-order valence-electron chi connectivity index (χ4n) is 3.21. The first-order chi connectivity index (χ1) is 10.6. The van der Waals surface area contributed by atoms with Gasteiger partial charge in [-0.25, -0.2) is 0 Å². The number of piperazine rings is 1. The Kier molecular flexibility index (Phi) is 4.55. The van der Waals surface area contributed by atoms with E-state index in [1.807, 2.05) is 19.1 Å². The Bertz CT molecular complexity index is 672. The molecule has 1 fully saturated rings. The SMILES string of the molecule is Cc1ccc2ccccc2c1C(=O)CCN1CCN(C)CC1. The van der Waals surface area contributed by atoms with Crippen LogP contribution in [0, 0.1) is 6.92 Å². The quantitative estimate of drug-likeness (QED) is 0.810. The van der Waals surface area contributed by atoms with Gasteiger partial charge in [0.2, 0.25) is 0 Å². The van der Waals surface area contributed by atoms with E-state index in [4.69, 9.17) is 0 Å². The number of Topliss-reactive ketones (excluding diaryl/α,β-unsaturated/α-hetero) is 1. The average Bonchev–Trinajstić information content (AvgIpc) is 2.54. The fourth-order valence-corrected chi connectivity index (χ4v) is 3.21. The van der Waals surface area contributed by atoms with E-state index < -0.39 is 0 Å². The molecule has 0 amide bonds. The van der Waals surface area contributed by atoms with Crippen molar-refractivity contribution in [1.29, 1.82) is 0 Å². The van der Waals surface area contributed by atoms with Crippen LogP contribution in [0.2, 0.25) is 0 Å². The minimum absolute atomic E-state index is 0.272. The van der Waals surface area contributed by atoms with Gasteiger partial charge in [0.15, 0.2) is 5.78 Å². The number of carbonyl (C=O) groups excluding carboxylic acids is 1. The van der Waals surface area contributed by atoms with Crippen molar-refractivity contribution in [2.75, 3.05) is 39.8 Å². The van der Waals surface area contributed by atoms with Crippen LogP contribution in [0.3, 0.4) is 0 Å². The van der Waals surface area contributed by atoms with E-state index in [2.05, 4.69) is 41.1 Å². The van der Waals surface area contributed by atoms with Crippen molar-refractivity contribution in [3.8, 4) is 0 Å². The second-order valence-electron chi connectivity index (χ2n) is 6.30. The molecule has 0 atom stereocenters. The summed E-state index contributed by atoms with van der Waals surface area (Å²) in [6.45, 7) is 7.24. The first-order valence-electron chi connectivity index (χ1n) is 8.07. The monoisotopic (exact) mass is 296 g/mol. The zero-order valence-electron chi connectivity index (χ0n) is 13.5. The van der Waals surface area contributed by atoms with Gasteiger partial charge in [0, 0.05) is 44.7 Å². The highest BCUT2D eigenvalue weighted by molar-refractivity contribution is 6.09. The van der Waals surface area contributed by atoms with Crippen LogP contribution in [0.4, 0.5) is 0 Å². The van der Waals surface area contributed by atoms with Crippen LogP contribution >= 0.6 is 0 Å². The summed E-state index contributed by atoms with van der Waals surface area (Å²) in [7, 11) is 2.15. The molecule has 22 heavy (non-hydrogen) atoms. The summed E-state index contributed by atoms with van der Waals surface area (Å²) < 4.78 is 0. The number of hydrogen-bond acceptors (Lipinski definition) is 3. The number of nitrogens with zero attached hydrogens (tertiary/aromatic N) is 2. The Morgan fingerprint density at radius 3 is 2.55 bits per heavy atom. The van der Waals surface area contributed by atoms with E-state index >= 15 is 0 Å². The number of hydrogen-bond donors (Lipinski definition) is 0. The molecule has 1 aliphatic rings. The predicted octanol–water partition coefficient (Wildman–Crippen LogP) is 2.97. The molecule has 0 bridgehead atoms. The molecule has 3 rings (SSSR count). The van der Waals surface area contributed by atoms with Crippen molar-refractivity contribution in [2.24, 2.45) is 0 Å². The zero-order valence-corrected chi connectivity index (χ0v) is 13.5. The van der Waals surface area contributed by atoms with Gasteiger partial charge in [-0.3, -0.25) is 4.79 Å². The molecule has 0 aromatic heterocycles. The van der Waals surface area contributed by atoms with E-state index in [1.54, 1.807) is 0 Å². The Morgan fingerprint density at radius 1 is 1.05 bits per heavy atom. The summed E-state index contributed by atoms with van der Waals surface area (Å²) >= 11 is 0. The van der Waals surface area contributed by atoms with Crippen LogP contribution in [-0.4, -0.2) is 55.4 Å². The number of benzene rings is 2. The third kappa shape index (κ3) is 3.21. The third-order valence-electron chi connectivity index (χ3n) is 4.67. The molecule has 0 aliphatic carbocycles. The fraction of sp³-hybridized carbons (Fsp3) is 0.421. The lowest BCUT2D eigenvalue weighted by atomic mass is 9.95. The lowest BCUT2D eigenvalue weighted by Crippen LogP contribution is -2.45. The molecule has 0 spiro atoms. The molecular weight excluding hydrogens is 272 g/mol. The zero-order chi connectivity index (χ0) is 15.5. The molecule has 0 saturated carbocycles. The lowest BCUT2D eigenvalue weighted by molar-refractivity contribution is 0.0943. The van der Waals surface area contributed by atoms with Crippen LogP contribution in [0.1, 0.15) is 22.3 Å². The maximum atomic E-state index is 12.7. The maximum Gasteiger partial charge on any atom is 0.165 e. The number of fused-ring (bicyclic) bond motifs is 1. The van der Waals surface area contributed by atoms with E-state index in [9.17, 15) is 4.79 Å². The predicted molar refractivity (Wildman–Crippen MR) is 91.6 cm³/mol. The molecule has 2 aromatic rings. The van der Waals surface area contributed by atoms with Gasteiger partial charge < -0.3 is 9.80 Å². The summed E-state index contributed by atoms with van der Waals surface area (Å²) in [6, 6.07) is 12.3. The Hall–Kier alpha value is -1.71. The highest BCUT2D eigenvalue weighted by Gasteiger charge is 2.17. The van der Waals surface area contributed by atoms with Gasteiger partial charge in [-0.15, -0.1) is 0 Å². The first kappa shape index (κ1) is 15.2. The number of carbonyl (C=O) groups is 1. The summed E-state index contributed by atoms with van der Waals surface area (Å²) in [5, 5.41) is 2.24. The summed E-state index contributed by atoms with van der Waals surface area (Å²) in [6.07, 6.45) is 0.610. The van der Waals surface area contributed by atoms with E-state index in [0.717, 1.165) is 54.6 Å². The highest BCUT2D eigenvalue weighted by atomic mass is 16.1. The largest absolute Gasteiger partial charge is 0.304 e. The summed E-state index contributed by atoms with van der Waals surface area (Å²) in [4.78, 5) is 17.5. The van der Waals surface area contributed by atoms with Crippen LogP contribution in [0.15, 0.2) is 36.4 Å². The molecule has 1 aliphatic heterocycles. The van der Waals surface area contributed by atoms with Crippen molar-refractivity contribution >= 4 is 16.6 Å². The minimum Gasteiger partial charge on any atom is -0.304 e. The first-order valence-corrected chi connectivity index (χ1v) is 8.07. The third-order valence-corrected chi connectivity index (χ3v) is 4.67. The normalized spacial score (nSPS) is 17.0. The smallest absolute Gasteiger partial charge is 0.165 e. The van der Waals surface area contributed by atoms with Gasteiger partial charge >= 0.3 is 0 Å². The van der Waals surface area contributed by atoms with E-state index in [1.165, 1.54) is 0 Å². The van der Waals surface area contributed by atoms with Crippen LogP contribution in [0.25, 0.3) is 10.8 Å². The van der Waals surface area contributed by atoms with Crippen molar-refractivity contribution < 1.29 is 4.79 Å². The summed E-state index contributed by atoms with van der Waals surface area (Å²) in [5.74, 6) is 0.272. The second kappa shape index (κ2) is 6.59. The second-order valence-corrected chi connectivity index (χ2v) is 6.30. The van der Waals surface area contributed by atoms with Crippen molar-refractivity contribution in [3.05, 3.63) is 47.5 Å². The van der Waals surface area contributed by atoms with Crippen LogP contribution in [-0.2, 0) is 0 Å². The molecule has 0 radical (unpaired) electrons. The molecular formula is C19H24N2O. The molecule has 3 heteroatoms. The lowest BCUT2D eigenvalue weighted by Gasteiger charge is -2.32. The van der Waals surface area contributed by atoms with Gasteiger partial charge in [0.05, 0.1) is 0 Å². The average molecular weight is 296 g/mol. The van der Waals surface area contributed by atoms with Gasteiger partial charge in [-0.2, -0.15) is 0 Å². The molecule has 1 saturated heterocycles. The van der Waals surface area contributed by atoms with Crippen molar-refractivity contribution in [1.82, 2.24) is 9.80 Å². The van der Waals surface area contributed by atoms with Gasteiger partial charge in [-0.05, 0) is 30.3 Å². The van der Waals surface area contributed by atoms with Crippen LogP contribution < -0.4 is 0 Å². The van der Waals surface area contributed by atoms with E-state index in [-0.39, 0.29) is 5.78 Å². The minimum atomic E-state index is 0.272. The number of ketones is 1. The van der Waals surface area contributed by atoms with E-state index in [0.29, 0.717) is 6.42 Å². The molecule has 0 N–H and O–H groups in total. The summed E-state index contributed by atoms with van der Waals surface area (Å²) in [5.41, 5.74) is 1.99. The van der Waals surface area contributed by atoms with Gasteiger partial charge in [0.25, 0.3) is 0 Å². The van der Waals surface area contributed by atoms with Gasteiger partial charge in [0.1, 0.15) is 0 Å². The standard InChI is InChI=1S/C19H24N2O/c1-15-7-8-16-5-3-4-6-17(16)19(15)18(22)9-10-21-13-11-20(2)12-14-21/h3-8H,9-14H2,1-2H3. The molecule has 3 nitrogen and oxygen atoms in total. The molecule has 116 valence electrons. The maximum absolute atomic E-state index is 12.7. The van der Waals surface area contributed by atoms with Crippen LogP contribution in [0.5, 0.6) is 0 Å². The Balaban J connectivity index is 1.74. The number of aryl methyl sites for hydroxylation is 1.